The van der Waals surface area contributed by atoms with Gasteiger partial charge in [0.05, 0.1) is 5.60 Å². The van der Waals surface area contributed by atoms with Crippen LogP contribution in [0.15, 0.2) is 78.9 Å². The Balaban J connectivity index is 1.29. The number of piperidine rings is 2. The molecule has 3 aromatic rings. The van der Waals surface area contributed by atoms with E-state index in [1.165, 1.54) is 5.56 Å². The van der Waals surface area contributed by atoms with Gasteiger partial charge in [-0.3, -0.25) is 24.6 Å². The van der Waals surface area contributed by atoms with E-state index in [0.717, 1.165) is 29.8 Å². The van der Waals surface area contributed by atoms with Gasteiger partial charge in [0.25, 0.3) is 5.91 Å². The summed E-state index contributed by atoms with van der Waals surface area (Å²) in [6.45, 7) is 2.56. The van der Waals surface area contributed by atoms with Crippen molar-refractivity contribution in [1.29, 1.82) is 0 Å². The van der Waals surface area contributed by atoms with Crippen molar-refractivity contribution in [1.82, 2.24) is 15.1 Å². The standard InChI is InChI=1S/C31H31N3O4/c35-28-14-13-27(29(36)32-28)34-19-23-17-24(11-12-25(23)30(34)37)31(38)15-16-33(18-21-7-3-1-4-8-21)20-26(31)22-9-5-2-6-10-22/h1-12,17,26-27,38H,13-16,18-20H2,(H,32,35,36). The van der Waals surface area contributed by atoms with Crippen LogP contribution < -0.4 is 5.32 Å². The number of carbonyl (C=O) groups is 3. The number of carbonyl (C=O) groups excluding carboxylic acids is 3. The molecule has 3 atom stereocenters. The molecule has 2 saturated heterocycles. The largest absolute Gasteiger partial charge is 0.384 e. The van der Waals surface area contributed by atoms with Crippen LogP contribution in [0.2, 0.25) is 0 Å². The summed E-state index contributed by atoms with van der Waals surface area (Å²) >= 11 is 0. The fourth-order valence-electron chi connectivity index (χ4n) is 6.24. The summed E-state index contributed by atoms with van der Waals surface area (Å²) in [6.07, 6.45) is 1.11. The van der Waals surface area contributed by atoms with Crippen molar-refractivity contribution in [2.24, 2.45) is 0 Å². The lowest BCUT2D eigenvalue weighted by Gasteiger charge is -2.45. The summed E-state index contributed by atoms with van der Waals surface area (Å²) in [5.41, 5.74) is 3.38. The Morgan fingerprint density at radius 2 is 1.68 bits per heavy atom. The fourth-order valence-corrected chi connectivity index (χ4v) is 6.24. The second kappa shape index (κ2) is 9.82. The van der Waals surface area contributed by atoms with E-state index in [4.69, 9.17) is 0 Å². The third-order valence-corrected chi connectivity index (χ3v) is 8.30. The van der Waals surface area contributed by atoms with E-state index in [9.17, 15) is 19.5 Å². The van der Waals surface area contributed by atoms with Crippen molar-refractivity contribution in [3.05, 3.63) is 107 Å². The Morgan fingerprint density at radius 1 is 0.947 bits per heavy atom. The highest BCUT2D eigenvalue weighted by atomic mass is 16.3. The zero-order valence-electron chi connectivity index (χ0n) is 21.2. The Morgan fingerprint density at radius 3 is 2.42 bits per heavy atom. The van der Waals surface area contributed by atoms with Gasteiger partial charge in [0.1, 0.15) is 6.04 Å². The van der Waals surface area contributed by atoms with E-state index in [1.54, 1.807) is 11.0 Å². The molecule has 7 heteroatoms. The lowest BCUT2D eigenvalue weighted by Crippen LogP contribution is -2.52. The molecule has 3 aromatic carbocycles. The van der Waals surface area contributed by atoms with Gasteiger partial charge in [-0.25, -0.2) is 0 Å². The second-order valence-corrected chi connectivity index (χ2v) is 10.6. The fraction of sp³-hybridized carbons (Fsp3) is 0.323. The van der Waals surface area contributed by atoms with Gasteiger partial charge in [-0.2, -0.15) is 0 Å². The third kappa shape index (κ3) is 4.42. The van der Waals surface area contributed by atoms with E-state index >= 15 is 0 Å². The molecule has 3 amide bonds. The number of imide groups is 1. The highest BCUT2D eigenvalue weighted by Gasteiger charge is 2.45. The molecule has 194 valence electrons. The molecule has 0 radical (unpaired) electrons. The van der Waals surface area contributed by atoms with Crippen molar-refractivity contribution in [3.63, 3.8) is 0 Å². The second-order valence-electron chi connectivity index (χ2n) is 10.6. The first-order chi connectivity index (χ1) is 18.4. The maximum absolute atomic E-state index is 13.2. The molecule has 3 aliphatic rings. The summed E-state index contributed by atoms with van der Waals surface area (Å²) in [4.78, 5) is 41.2. The van der Waals surface area contributed by atoms with Gasteiger partial charge in [0.2, 0.25) is 11.8 Å². The number of hydrogen-bond acceptors (Lipinski definition) is 5. The van der Waals surface area contributed by atoms with Crippen LogP contribution in [0.1, 0.15) is 57.8 Å². The molecule has 38 heavy (non-hydrogen) atoms. The SMILES string of the molecule is O=C1CCC(N2Cc3cc(C4(O)CCN(Cc5ccccc5)CC4c4ccccc4)ccc3C2=O)C(=O)N1. The topological polar surface area (TPSA) is 90.0 Å². The van der Waals surface area contributed by atoms with Gasteiger partial charge in [-0.15, -0.1) is 0 Å². The number of amides is 3. The molecule has 3 aliphatic heterocycles. The predicted octanol–water partition coefficient (Wildman–Crippen LogP) is 3.32. The van der Waals surface area contributed by atoms with Crippen molar-refractivity contribution in [2.75, 3.05) is 13.1 Å². The van der Waals surface area contributed by atoms with Gasteiger partial charge in [-0.05, 0) is 41.2 Å². The van der Waals surface area contributed by atoms with Crippen LogP contribution in [0.4, 0.5) is 0 Å². The Hall–Kier alpha value is -3.81. The monoisotopic (exact) mass is 509 g/mol. The highest BCUT2D eigenvalue weighted by Crippen LogP contribution is 2.45. The average Bonchev–Trinajstić information content (AvgIpc) is 3.26. The van der Waals surface area contributed by atoms with Gasteiger partial charge in [0.15, 0.2) is 0 Å². The molecule has 6 rings (SSSR count). The van der Waals surface area contributed by atoms with Crippen LogP contribution in [-0.2, 0) is 28.3 Å². The number of nitrogens with zero attached hydrogens (tertiary/aromatic N) is 2. The van der Waals surface area contributed by atoms with Gasteiger partial charge >= 0.3 is 0 Å². The van der Waals surface area contributed by atoms with Crippen LogP contribution in [0.3, 0.4) is 0 Å². The van der Waals surface area contributed by atoms with E-state index in [1.807, 2.05) is 48.5 Å². The molecule has 0 saturated carbocycles. The molecule has 0 aromatic heterocycles. The smallest absolute Gasteiger partial charge is 0.255 e. The Bertz CT molecular complexity index is 1380. The van der Waals surface area contributed by atoms with Crippen molar-refractivity contribution in [2.45, 2.75) is 49.9 Å². The number of hydrogen-bond donors (Lipinski definition) is 2. The predicted molar refractivity (Wildman–Crippen MR) is 142 cm³/mol. The molecular weight excluding hydrogens is 478 g/mol. The summed E-state index contributed by atoms with van der Waals surface area (Å²) in [5.74, 6) is -1.07. The molecule has 3 heterocycles. The summed E-state index contributed by atoms with van der Waals surface area (Å²) in [6, 6.07) is 25.5. The van der Waals surface area contributed by atoms with Crippen LogP contribution in [0.25, 0.3) is 0 Å². The van der Waals surface area contributed by atoms with Crippen LogP contribution in [0, 0.1) is 0 Å². The number of fused-ring (bicyclic) bond motifs is 1. The highest BCUT2D eigenvalue weighted by molar-refractivity contribution is 6.05. The number of rotatable bonds is 5. The Labute approximate surface area is 222 Å². The number of likely N-dealkylation sites (tertiary alicyclic amines) is 1. The zero-order chi connectivity index (χ0) is 26.3. The Kier molecular flexibility index (Phi) is 6.33. The van der Waals surface area contributed by atoms with E-state index < -0.39 is 17.6 Å². The molecule has 0 bridgehead atoms. The first-order valence-corrected chi connectivity index (χ1v) is 13.2. The minimum atomic E-state index is -1.10. The molecular formula is C31H31N3O4. The van der Waals surface area contributed by atoms with Crippen molar-refractivity contribution < 1.29 is 19.5 Å². The number of aliphatic hydroxyl groups is 1. The van der Waals surface area contributed by atoms with Crippen LogP contribution >= 0.6 is 0 Å². The van der Waals surface area contributed by atoms with E-state index in [-0.39, 0.29) is 24.2 Å². The minimum Gasteiger partial charge on any atom is -0.384 e. The van der Waals surface area contributed by atoms with E-state index in [0.29, 0.717) is 31.5 Å². The first kappa shape index (κ1) is 24.5. The third-order valence-electron chi connectivity index (χ3n) is 8.30. The van der Waals surface area contributed by atoms with Gasteiger partial charge < -0.3 is 10.0 Å². The quantitative estimate of drug-likeness (QED) is 0.515. The normalized spacial score (nSPS) is 25.8. The number of benzene rings is 3. The summed E-state index contributed by atoms with van der Waals surface area (Å²) in [7, 11) is 0. The van der Waals surface area contributed by atoms with Gasteiger partial charge in [-0.1, -0.05) is 72.8 Å². The maximum atomic E-state index is 13.2. The van der Waals surface area contributed by atoms with Crippen LogP contribution in [0.5, 0.6) is 0 Å². The molecule has 2 fully saturated rings. The van der Waals surface area contributed by atoms with E-state index in [2.05, 4.69) is 34.5 Å². The lowest BCUT2D eigenvalue weighted by molar-refractivity contribution is -0.136. The molecule has 2 N–H and O–H groups in total. The maximum Gasteiger partial charge on any atom is 0.255 e. The van der Waals surface area contributed by atoms with Gasteiger partial charge in [0, 0.05) is 44.1 Å². The lowest BCUT2D eigenvalue weighted by atomic mass is 9.72. The van der Waals surface area contributed by atoms with Crippen LogP contribution in [-0.4, -0.2) is 51.8 Å². The van der Waals surface area contributed by atoms with Crippen molar-refractivity contribution >= 4 is 17.7 Å². The summed E-state index contributed by atoms with van der Waals surface area (Å²) in [5, 5.41) is 14.6. The zero-order valence-corrected chi connectivity index (χ0v) is 21.2. The molecule has 0 aliphatic carbocycles. The number of nitrogens with one attached hydrogen (secondary N) is 1. The molecule has 3 unspecified atom stereocenters. The molecule has 7 nitrogen and oxygen atoms in total. The first-order valence-electron chi connectivity index (χ1n) is 13.2. The van der Waals surface area contributed by atoms with Crippen molar-refractivity contribution in [3.8, 4) is 0 Å². The average molecular weight is 510 g/mol. The molecule has 0 spiro atoms. The summed E-state index contributed by atoms with van der Waals surface area (Å²) < 4.78 is 0. The minimum absolute atomic E-state index is 0.150.